The monoisotopic (exact) mass is 683 g/mol. The maximum absolute atomic E-state index is 3.73. The second-order valence-electron chi connectivity index (χ2n) is 12.1. The molecule has 4 heteroatoms. The van der Waals surface area contributed by atoms with Gasteiger partial charge in [0, 0.05) is 49.4 Å². The summed E-state index contributed by atoms with van der Waals surface area (Å²) in [5, 5.41) is 2.40. The molecule has 0 atom stereocenters. The largest absolute Gasteiger partial charge is 0.310 e. The van der Waals surface area contributed by atoms with Crippen molar-refractivity contribution >= 4 is 71.9 Å². The van der Waals surface area contributed by atoms with Crippen LogP contribution in [-0.2, 0) is 0 Å². The molecular formula is C44H34BrN3. The van der Waals surface area contributed by atoms with Gasteiger partial charge in [0.1, 0.15) is 0 Å². The highest BCUT2D eigenvalue weighted by atomic mass is 79.9. The Hall–Kier alpha value is -5.58. The fourth-order valence-corrected chi connectivity index (χ4v) is 7.66. The number of halogens is 1. The van der Waals surface area contributed by atoms with E-state index in [1.165, 1.54) is 38.6 Å². The van der Waals surface area contributed by atoms with E-state index < -0.39 is 0 Å². The summed E-state index contributed by atoms with van der Waals surface area (Å²) in [4.78, 5) is 4.67. The number of rotatable bonds is 7. The highest BCUT2D eigenvalue weighted by Gasteiger charge is 2.21. The lowest BCUT2D eigenvalue weighted by Crippen LogP contribution is -2.09. The topological polar surface area (TPSA) is 11.4 Å². The third-order valence-electron chi connectivity index (χ3n) is 8.99. The first-order valence-corrected chi connectivity index (χ1v) is 17.0. The van der Waals surface area contributed by atoms with Crippen LogP contribution >= 0.6 is 15.9 Å². The van der Waals surface area contributed by atoms with Crippen LogP contribution in [0.25, 0.3) is 27.5 Å². The Kier molecular flexibility index (Phi) is 7.79. The van der Waals surface area contributed by atoms with Crippen molar-refractivity contribution in [2.75, 3.05) is 9.80 Å². The minimum Gasteiger partial charge on any atom is -0.310 e. The van der Waals surface area contributed by atoms with Crippen molar-refractivity contribution in [3.63, 3.8) is 0 Å². The molecule has 8 aromatic rings. The molecule has 0 fully saturated rings. The van der Waals surface area contributed by atoms with Crippen LogP contribution in [0.1, 0.15) is 11.1 Å². The number of nitrogens with zero attached hydrogens (tertiary/aromatic N) is 3. The number of hydrogen-bond donors (Lipinski definition) is 0. The molecule has 8 rings (SSSR count). The minimum atomic E-state index is 1.09. The predicted octanol–water partition coefficient (Wildman–Crippen LogP) is 13.1. The van der Waals surface area contributed by atoms with Crippen LogP contribution in [0, 0.1) is 13.8 Å². The van der Waals surface area contributed by atoms with E-state index in [2.05, 4.69) is 214 Å². The maximum Gasteiger partial charge on any atom is 0.0542 e. The van der Waals surface area contributed by atoms with Crippen molar-refractivity contribution in [1.82, 2.24) is 4.57 Å². The minimum absolute atomic E-state index is 1.09. The summed E-state index contributed by atoms with van der Waals surface area (Å²) in [5.74, 6) is 0. The summed E-state index contributed by atoms with van der Waals surface area (Å²) in [7, 11) is 0. The van der Waals surface area contributed by atoms with Crippen LogP contribution in [0.5, 0.6) is 0 Å². The van der Waals surface area contributed by atoms with Crippen LogP contribution in [0.2, 0.25) is 0 Å². The maximum atomic E-state index is 3.73. The molecular weight excluding hydrogens is 650 g/mol. The number of hydrogen-bond acceptors (Lipinski definition) is 2. The molecule has 0 bridgehead atoms. The molecule has 0 saturated heterocycles. The van der Waals surface area contributed by atoms with Gasteiger partial charge in [-0.3, -0.25) is 0 Å². The second-order valence-corrected chi connectivity index (χ2v) is 13.1. The van der Waals surface area contributed by atoms with Crippen molar-refractivity contribution in [1.29, 1.82) is 0 Å². The Labute approximate surface area is 290 Å². The van der Waals surface area contributed by atoms with E-state index in [0.29, 0.717) is 0 Å². The van der Waals surface area contributed by atoms with Gasteiger partial charge in [-0.1, -0.05) is 88.7 Å². The molecule has 48 heavy (non-hydrogen) atoms. The van der Waals surface area contributed by atoms with E-state index in [9.17, 15) is 0 Å². The summed E-state index contributed by atoms with van der Waals surface area (Å²) < 4.78 is 3.54. The van der Waals surface area contributed by atoms with Crippen LogP contribution < -0.4 is 9.80 Å². The van der Waals surface area contributed by atoms with Crippen LogP contribution in [0.15, 0.2) is 174 Å². The van der Waals surface area contributed by atoms with Gasteiger partial charge in [-0.2, -0.15) is 0 Å². The number of aryl methyl sites for hydroxylation is 2. The molecule has 232 valence electrons. The molecule has 0 radical (unpaired) electrons. The summed E-state index contributed by atoms with van der Waals surface area (Å²) in [6.45, 7) is 4.40. The Morgan fingerprint density at radius 2 is 0.729 bits per heavy atom. The molecule has 1 aromatic heterocycles. The van der Waals surface area contributed by atoms with Crippen LogP contribution in [0.3, 0.4) is 0 Å². The van der Waals surface area contributed by atoms with Gasteiger partial charge in [0.2, 0.25) is 0 Å². The molecule has 0 aliphatic carbocycles. The normalized spacial score (nSPS) is 11.2. The van der Waals surface area contributed by atoms with Gasteiger partial charge in [-0.25, -0.2) is 0 Å². The lowest BCUT2D eigenvalue weighted by Gasteiger charge is -2.26. The van der Waals surface area contributed by atoms with E-state index in [4.69, 9.17) is 0 Å². The fourth-order valence-electron chi connectivity index (χ4n) is 6.98. The molecule has 0 unspecified atom stereocenters. The zero-order chi connectivity index (χ0) is 32.6. The Morgan fingerprint density at radius 3 is 1.06 bits per heavy atom. The molecule has 0 N–H and O–H groups in total. The van der Waals surface area contributed by atoms with E-state index >= 15 is 0 Å². The van der Waals surface area contributed by atoms with E-state index in [1.807, 2.05) is 0 Å². The van der Waals surface area contributed by atoms with Gasteiger partial charge >= 0.3 is 0 Å². The number of para-hydroxylation sites is 4. The molecule has 0 saturated carbocycles. The number of fused-ring (bicyclic) bond motifs is 3. The molecule has 3 nitrogen and oxygen atoms in total. The lowest BCUT2D eigenvalue weighted by molar-refractivity contribution is 1.12. The molecule has 7 aromatic carbocycles. The summed E-state index contributed by atoms with van der Waals surface area (Å²) in [6, 6.07) is 60.7. The van der Waals surface area contributed by atoms with Gasteiger partial charge in [0.25, 0.3) is 0 Å². The fraction of sp³-hybridized carbons (Fsp3) is 0.0455. The first-order valence-electron chi connectivity index (χ1n) is 16.2. The molecule has 1 heterocycles. The van der Waals surface area contributed by atoms with Gasteiger partial charge in [-0.15, -0.1) is 0 Å². The number of anilines is 6. The highest BCUT2D eigenvalue weighted by Crippen LogP contribution is 2.43. The van der Waals surface area contributed by atoms with Crippen molar-refractivity contribution in [3.05, 3.63) is 185 Å². The van der Waals surface area contributed by atoms with Crippen LogP contribution in [-0.4, -0.2) is 4.57 Å². The highest BCUT2D eigenvalue weighted by molar-refractivity contribution is 9.10. The average molecular weight is 685 g/mol. The average Bonchev–Trinajstić information content (AvgIpc) is 3.43. The molecule has 0 aliphatic rings. The smallest absolute Gasteiger partial charge is 0.0542 e. The zero-order valence-electron chi connectivity index (χ0n) is 26.9. The Bertz CT molecular complexity index is 2120. The van der Waals surface area contributed by atoms with Gasteiger partial charge in [0.15, 0.2) is 0 Å². The summed E-state index contributed by atoms with van der Waals surface area (Å²) in [5.41, 5.74) is 12.7. The molecule has 0 spiro atoms. The molecule has 0 aliphatic heterocycles. The SMILES string of the molecule is Cc1cc(Br)cc(C)c1-n1c2ccc(N(c3ccccc3)c3ccccc3)cc2c2cc(N(c3ccccc3)c3ccccc3)ccc21. The van der Waals surface area contributed by atoms with Crippen molar-refractivity contribution in [2.45, 2.75) is 13.8 Å². The quantitative estimate of drug-likeness (QED) is 0.166. The predicted molar refractivity (Wildman–Crippen MR) is 207 cm³/mol. The van der Waals surface area contributed by atoms with Gasteiger partial charge < -0.3 is 14.4 Å². The molecule has 0 amide bonds. The van der Waals surface area contributed by atoms with Crippen LogP contribution in [0.4, 0.5) is 34.1 Å². The van der Waals surface area contributed by atoms with E-state index in [0.717, 1.165) is 38.6 Å². The first kappa shape index (κ1) is 29.8. The summed E-state index contributed by atoms with van der Waals surface area (Å²) in [6.07, 6.45) is 0. The first-order chi connectivity index (χ1) is 23.6. The Balaban J connectivity index is 1.42. The van der Waals surface area contributed by atoms with E-state index in [1.54, 1.807) is 0 Å². The van der Waals surface area contributed by atoms with Gasteiger partial charge in [-0.05, 0) is 122 Å². The standard InChI is InChI=1S/C44H34BrN3/c1-31-27-33(45)28-32(2)44(31)48-42-25-23-38(46(34-15-7-3-8-16-34)35-17-9-4-10-18-35)29-40(42)41-30-39(24-26-43(41)48)47(36-19-11-5-12-20-36)37-21-13-6-14-22-37/h3-30H,1-2H3. The summed E-state index contributed by atoms with van der Waals surface area (Å²) >= 11 is 3.73. The van der Waals surface area contributed by atoms with E-state index in [-0.39, 0.29) is 0 Å². The zero-order valence-corrected chi connectivity index (χ0v) is 28.5. The Morgan fingerprint density at radius 1 is 0.396 bits per heavy atom. The van der Waals surface area contributed by atoms with Gasteiger partial charge in [0.05, 0.1) is 16.7 Å². The number of aromatic nitrogens is 1. The third-order valence-corrected chi connectivity index (χ3v) is 9.44. The lowest BCUT2D eigenvalue weighted by atomic mass is 10.1. The second kappa shape index (κ2) is 12.6. The number of benzene rings is 7. The van der Waals surface area contributed by atoms with Crippen molar-refractivity contribution in [3.8, 4) is 5.69 Å². The van der Waals surface area contributed by atoms with Crippen molar-refractivity contribution < 1.29 is 0 Å². The third kappa shape index (κ3) is 5.34. The van der Waals surface area contributed by atoms with Crippen molar-refractivity contribution in [2.24, 2.45) is 0 Å².